The highest BCUT2D eigenvalue weighted by molar-refractivity contribution is 8.00. The van der Waals surface area contributed by atoms with E-state index >= 15 is 0 Å². The zero-order valence-electron chi connectivity index (χ0n) is 9.25. The fourth-order valence-electron chi connectivity index (χ4n) is 1.66. The molecular weight excluding hydrogens is 275 g/mol. The molecule has 1 unspecified atom stereocenters. The van der Waals surface area contributed by atoms with E-state index in [1.807, 2.05) is 0 Å². The fraction of sp³-hybridized carbons (Fsp3) is 0.778. The molecule has 0 aromatic carbocycles. The van der Waals surface area contributed by atoms with Crippen molar-refractivity contribution in [3.8, 4) is 0 Å². The molecule has 0 saturated carbocycles. The van der Waals surface area contributed by atoms with Crippen LogP contribution in [0.4, 0.5) is 13.2 Å². The maximum Gasteiger partial charge on any atom is 0.442 e. The van der Waals surface area contributed by atoms with E-state index in [4.69, 9.17) is 9.84 Å². The maximum atomic E-state index is 11.9. The first-order chi connectivity index (χ1) is 8.22. The molecule has 1 aliphatic heterocycles. The highest BCUT2D eigenvalue weighted by Crippen LogP contribution is 2.30. The minimum absolute atomic E-state index is 0.00171. The molecule has 1 fully saturated rings. The normalized spacial score (nSPS) is 23.9. The topological polar surface area (TPSA) is 75.6 Å². The standard InChI is InChI=1S/C9H12F3NO4S/c10-9(11,12)18-4-6(14)13-8(3-7(15)16)1-2-17-5-8/h1-5H2,(H,13,14)(H,15,16). The molecule has 1 aliphatic rings. The summed E-state index contributed by atoms with van der Waals surface area (Å²) >= 11 is -0.458. The minimum Gasteiger partial charge on any atom is -0.481 e. The van der Waals surface area contributed by atoms with Crippen molar-refractivity contribution in [2.24, 2.45) is 0 Å². The zero-order valence-corrected chi connectivity index (χ0v) is 10.1. The van der Waals surface area contributed by atoms with Crippen LogP contribution in [0.2, 0.25) is 0 Å². The van der Waals surface area contributed by atoms with Gasteiger partial charge in [-0.15, -0.1) is 0 Å². The summed E-state index contributed by atoms with van der Waals surface area (Å²) in [5.41, 5.74) is -5.57. The van der Waals surface area contributed by atoms with Gasteiger partial charge >= 0.3 is 11.5 Å². The Kier molecular flexibility index (Phi) is 4.85. The molecule has 1 saturated heterocycles. The number of aliphatic carboxylic acids is 1. The summed E-state index contributed by atoms with van der Waals surface area (Å²) in [7, 11) is 0. The summed E-state index contributed by atoms with van der Waals surface area (Å²) in [5, 5.41) is 11.0. The second-order valence-corrected chi connectivity index (χ2v) is 4.98. The molecule has 2 N–H and O–H groups in total. The number of carboxylic acid groups (broad SMARTS) is 1. The monoisotopic (exact) mass is 287 g/mol. The highest BCUT2D eigenvalue weighted by Gasteiger charge is 2.39. The average molecular weight is 287 g/mol. The van der Waals surface area contributed by atoms with E-state index in [1.54, 1.807) is 0 Å². The predicted octanol–water partition coefficient (Wildman–Crippen LogP) is 0.989. The Balaban J connectivity index is 2.51. The Bertz CT molecular complexity index is 328. The minimum atomic E-state index is -4.48. The molecule has 1 atom stereocenters. The third-order valence-electron chi connectivity index (χ3n) is 2.36. The number of hydrogen-bond donors (Lipinski definition) is 2. The number of nitrogens with one attached hydrogen (secondary N) is 1. The molecule has 0 aliphatic carbocycles. The van der Waals surface area contributed by atoms with Gasteiger partial charge in [0.15, 0.2) is 0 Å². The van der Waals surface area contributed by atoms with Gasteiger partial charge in [-0.3, -0.25) is 9.59 Å². The van der Waals surface area contributed by atoms with Crippen molar-refractivity contribution < 1.29 is 32.6 Å². The molecule has 1 rings (SSSR count). The van der Waals surface area contributed by atoms with E-state index in [9.17, 15) is 22.8 Å². The quantitative estimate of drug-likeness (QED) is 0.788. The molecular formula is C9H12F3NO4S. The largest absolute Gasteiger partial charge is 0.481 e. The van der Waals surface area contributed by atoms with Gasteiger partial charge in [0.05, 0.1) is 24.3 Å². The Morgan fingerprint density at radius 1 is 1.44 bits per heavy atom. The Morgan fingerprint density at radius 2 is 2.11 bits per heavy atom. The van der Waals surface area contributed by atoms with Crippen LogP contribution in [0.1, 0.15) is 12.8 Å². The number of alkyl halides is 3. The lowest BCUT2D eigenvalue weighted by Crippen LogP contribution is -2.51. The SMILES string of the molecule is O=C(O)CC1(NC(=O)CSC(F)(F)F)CCOC1. The molecule has 5 nitrogen and oxygen atoms in total. The third-order valence-corrected chi connectivity index (χ3v) is 3.10. The van der Waals surface area contributed by atoms with Gasteiger partial charge in [0.1, 0.15) is 0 Å². The Morgan fingerprint density at radius 3 is 2.56 bits per heavy atom. The van der Waals surface area contributed by atoms with Crippen LogP contribution in [0.25, 0.3) is 0 Å². The summed E-state index contributed by atoms with van der Waals surface area (Å²) in [6.07, 6.45) is -0.0862. The second-order valence-electron chi connectivity index (χ2n) is 3.94. The fourth-order valence-corrected chi connectivity index (χ4v) is 2.03. The van der Waals surface area contributed by atoms with E-state index in [0.717, 1.165) is 0 Å². The number of rotatable bonds is 5. The first-order valence-corrected chi connectivity index (χ1v) is 6.02. The first kappa shape index (κ1) is 15.1. The summed E-state index contributed by atoms with van der Waals surface area (Å²) in [4.78, 5) is 22.0. The smallest absolute Gasteiger partial charge is 0.442 e. The number of thioether (sulfide) groups is 1. The van der Waals surface area contributed by atoms with E-state index in [-0.39, 0.29) is 26.1 Å². The van der Waals surface area contributed by atoms with Crippen LogP contribution >= 0.6 is 11.8 Å². The molecule has 0 aromatic heterocycles. The van der Waals surface area contributed by atoms with Gasteiger partial charge in [-0.25, -0.2) is 0 Å². The van der Waals surface area contributed by atoms with E-state index < -0.39 is 40.4 Å². The van der Waals surface area contributed by atoms with Gasteiger partial charge in [-0.05, 0) is 18.2 Å². The van der Waals surface area contributed by atoms with Crippen molar-refractivity contribution in [3.05, 3.63) is 0 Å². The summed E-state index contributed by atoms with van der Waals surface area (Å²) < 4.78 is 40.7. The van der Waals surface area contributed by atoms with Crippen molar-refractivity contribution in [3.63, 3.8) is 0 Å². The molecule has 9 heteroatoms. The van der Waals surface area contributed by atoms with Crippen molar-refractivity contribution in [2.75, 3.05) is 19.0 Å². The zero-order chi connectivity index (χ0) is 13.8. The Hall–Kier alpha value is -0.960. The number of ether oxygens (including phenoxy) is 1. The van der Waals surface area contributed by atoms with Gasteiger partial charge in [-0.2, -0.15) is 13.2 Å². The van der Waals surface area contributed by atoms with Crippen LogP contribution in [0.5, 0.6) is 0 Å². The lowest BCUT2D eigenvalue weighted by molar-refractivity contribution is -0.139. The molecule has 104 valence electrons. The highest BCUT2D eigenvalue weighted by atomic mass is 32.2. The van der Waals surface area contributed by atoms with Crippen molar-refractivity contribution >= 4 is 23.6 Å². The van der Waals surface area contributed by atoms with Gasteiger partial charge in [0.25, 0.3) is 0 Å². The van der Waals surface area contributed by atoms with Crippen LogP contribution in [-0.4, -0.2) is 47.0 Å². The van der Waals surface area contributed by atoms with Gasteiger partial charge < -0.3 is 15.2 Å². The first-order valence-electron chi connectivity index (χ1n) is 5.04. The molecule has 18 heavy (non-hydrogen) atoms. The van der Waals surface area contributed by atoms with Crippen LogP contribution in [0.15, 0.2) is 0 Å². The number of carboxylic acids is 1. The van der Waals surface area contributed by atoms with Crippen molar-refractivity contribution in [1.29, 1.82) is 0 Å². The van der Waals surface area contributed by atoms with E-state index in [1.165, 1.54) is 0 Å². The molecule has 1 heterocycles. The summed E-state index contributed by atoms with van der Waals surface area (Å²) in [6.45, 7) is 0.279. The number of amides is 1. The molecule has 0 aromatic rings. The molecule has 1 amide bonds. The molecule has 0 radical (unpaired) electrons. The van der Waals surface area contributed by atoms with Crippen LogP contribution in [-0.2, 0) is 14.3 Å². The average Bonchev–Trinajstić information content (AvgIpc) is 2.61. The van der Waals surface area contributed by atoms with Gasteiger partial charge in [-0.1, -0.05) is 0 Å². The number of carbonyl (C=O) groups is 2. The van der Waals surface area contributed by atoms with Gasteiger partial charge in [0.2, 0.25) is 5.91 Å². The number of halogens is 3. The summed E-state index contributed by atoms with van der Waals surface area (Å²) in [5.74, 6) is -2.77. The van der Waals surface area contributed by atoms with Crippen LogP contribution in [0.3, 0.4) is 0 Å². The van der Waals surface area contributed by atoms with Crippen LogP contribution in [0, 0.1) is 0 Å². The summed E-state index contributed by atoms with van der Waals surface area (Å²) in [6, 6.07) is 0. The number of carbonyl (C=O) groups excluding carboxylic acids is 1. The molecule has 0 bridgehead atoms. The Labute approximate surface area is 105 Å². The third kappa shape index (κ3) is 5.13. The second kappa shape index (κ2) is 5.79. The van der Waals surface area contributed by atoms with E-state index in [0.29, 0.717) is 0 Å². The predicted molar refractivity (Wildman–Crippen MR) is 57.1 cm³/mol. The van der Waals surface area contributed by atoms with E-state index in [2.05, 4.69) is 5.32 Å². The van der Waals surface area contributed by atoms with Gasteiger partial charge in [0, 0.05) is 6.61 Å². The lowest BCUT2D eigenvalue weighted by Gasteiger charge is -2.26. The lowest BCUT2D eigenvalue weighted by atomic mass is 9.94. The van der Waals surface area contributed by atoms with Crippen molar-refractivity contribution in [2.45, 2.75) is 23.9 Å². The van der Waals surface area contributed by atoms with Crippen LogP contribution < -0.4 is 5.32 Å². The maximum absolute atomic E-state index is 11.9. The number of hydrogen-bond acceptors (Lipinski definition) is 4. The molecule has 0 spiro atoms. The van der Waals surface area contributed by atoms with Crippen molar-refractivity contribution in [1.82, 2.24) is 5.32 Å².